The second kappa shape index (κ2) is 4.56. The number of hydrogen-bond donors (Lipinski definition) is 1. The molecule has 2 rings (SSSR count). The summed E-state index contributed by atoms with van der Waals surface area (Å²) < 4.78 is 26.4. The third kappa shape index (κ3) is 2.22. The van der Waals surface area contributed by atoms with Crippen LogP contribution in [0.5, 0.6) is 0 Å². The van der Waals surface area contributed by atoms with E-state index in [0.717, 1.165) is 23.3 Å². The van der Waals surface area contributed by atoms with Crippen LogP contribution in [-0.4, -0.2) is 11.1 Å². The highest BCUT2D eigenvalue weighted by atomic mass is 19.3. The summed E-state index contributed by atoms with van der Waals surface area (Å²) in [5, 5.41) is 8.43. The molecule has 92 valence electrons. The first-order valence-electron chi connectivity index (χ1n) is 5.29. The van der Waals surface area contributed by atoms with Gasteiger partial charge >= 0.3 is 11.9 Å². The van der Waals surface area contributed by atoms with E-state index in [1.807, 2.05) is 30.3 Å². The maximum atomic E-state index is 13.2. The van der Waals surface area contributed by atoms with Crippen molar-refractivity contribution in [2.24, 2.45) is 0 Å². The number of carboxylic acid groups (broad SMARTS) is 1. The number of aliphatic carboxylic acids is 1. The quantitative estimate of drug-likeness (QED) is 0.902. The molecular weight excluding hydrogens is 238 g/mol. The molecule has 0 aromatic heterocycles. The summed E-state index contributed by atoms with van der Waals surface area (Å²) in [5.74, 6) is -6.00. The number of benzene rings is 2. The van der Waals surface area contributed by atoms with Gasteiger partial charge in [-0.05, 0) is 11.1 Å². The van der Waals surface area contributed by atoms with Crippen LogP contribution in [0.4, 0.5) is 8.78 Å². The molecule has 0 saturated heterocycles. The molecule has 0 fully saturated rings. The molecule has 0 radical (unpaired) electrons. The highest BCUT2D eigenvalue weighted by Crippen LogP contribution is 2.30. The molecule has 0 aliphatic heterocycles. The Kier molecular flexibility index (Phi) is 3.10. The van der Waals surface area contributed by atoms with Gasteiger partial charge in [-0.2, -0.15) is 8.78 Å². The van der Waals surface area contributed by atoms with E-state index in [9.17, 15) is 13.6 Å². The van der Waals surface area contributed by atoms with Crippen LogP contribution in [0, 0.1) is 0 Å². The average Bonchev–Trinajstić information content (AvgIpc) is 2.40. The van der Waals surface area contributed by atoms with E-state index in [1.54, 1.807) is 0 Å². The predicted octanol–water partition coefficient (Wildman–Crippen LogP) is 3.53. The number of halogens is 2. The summed E-state index contributed by atoms with van der Waals surface area (Å²) in [6.45, 7) is 0. The van der Waals surface area contributed by atoms with Crippen molar-refractivity contribution in [2.75, 3.05) is 0 Å². The molecule has 4 heteroatoms. The van der Waals surface area contributed by atoms with Crippen molar-refractivity contribution in [1.29, 1.82) is 0 Å². The third-order valence-corrected chi connectivity index (χ3v) is 2.62. The van der Waals surface area contributed by atoms with Crippen molar-refractivity contribution in [2.45, 2.75) is 5.92 Å². The molecule has 0 spiro atoms. The zero-order valence-corrected chi connectivity index (χ0v) is 9.31. The van der Waals surface area contributed by atoms with Gasteiger partial charge in [-0.15, -0.1) is 0 Å². The van der Waals surface area contributed by atoms with Crippen LogP contribution in [0.15, 0.2) is 54.6 Å². The van der Waals surface area contributed by atoms with Gasteiger partial charge in [0.15, 0.2) is 0 Å². The standard InChI is InChI=1S/C14H10F2O2/c15-14(16,13(17)18)12-8-6-11(7-9-12)10-4-2-1-3-5-10/h1-9H,(H,17,18). The first-order valence-corrected chi connectivity index (χ1v) is 5.29. The van der Waals surface area contributed by atoms with Crippen molar-refractivity contribution in [1.82, 2.24) is 0 Å². The summed E-state index contributed by atoms with van der Waals surface area (Å²) >= 11 is 0. The van der Waals surface area contributed by atoms with Crippen LogP contribution in [0.3, 0.4) is 0 Å². The highest BCUT2D eigenvalue weighted by Gasteiger charge is 2.40. The monoisotopic (exact) mass is 248 g/mol. The second-order valence-electron chi connectivity index (χ2n) is 3.82. The largest absolute Gasteiger partial charge is 0.477 e. The zero-order valence-electron chi connectivity index (χ0n) is 9.31. The first-order chi connectivity index (χ1) is 8.51. The van der Waals surface area contributed by atoms with E-state index in [-0.39, 0.29) is 0 Å². The average molecular weight is 248 g/mol. The number of rotatable bonds is 3. The van der Waals surface area contributed by atoms with Gasteiger partial charge in [-0.3, -0.25) is 0 Å². The molecule has 2 aromatic rings. The second-order valence-corrected chi connectivity index (χ2v) is 3.82. The van der Waals surface area contributed by atoms with Crippen molar-refractivity contribution in [3.05, 3.63) is 60.2 Å². The van der Waals surface area contributed by atoms with E-state index in [2.05, 4.69) is 0 Å². The Hall–Kier alpha value is -2.23. The topological polar surface area (TPSA) is 37.3 Å². The van der Waals surface area contributed by atoms with Gasteiger partial charge in [-0.1, -0.05) is 54.6 Å². The normalized spacial score (nSPS) is 11.2. The van der Waals surface area contributed by atoms with Crippen molar-refractivity contribution < 1.29 is 18.7 Å². The van der Waals surface area contributed by atoms with E-state index in [4.69, 9.17) is 5.11 Å². The molecular formula is C14H10F2O2. The van der Waals surface area contributed by atoms with Crippen LogP contribution in [0.2, 0.25) is 0 Å². The number of carboxylic acids is 1. The third-order valence-electron chi connectivity index (χ3n) is 2.62. The maximum absolute atomic E-state index is 13.2. The molecule has 0 unspecified atom stereocenters. The van der Waals surface area contributed by atoms with E-state index < -0.39 is 17.5 Å². The van der Waals surface area contributed by atoms with Crippen LogP contribution in [0.1, 0.15) is 5.56 Å². The molecule has 2 nitrogen and oxygen atoms in total. The van der Waals surface area contributed by atoms with Gasteiger partial charge < -0.3 is 5.11 Å². The van der Waals surface area contributed by atoms with Crippen LogP contribution >= 0.6 is 0 Å². The van der Waals surface area contributed by atoms with E-state index in [0.29, 0.717) is 0 Å². The van der Waals surface area contributed by atoms with Gasteiger partial charge in [0, 0.05) is 5.56 Å². The van der Waals surface area contributed by atoms with Crippen LogP contribution in [0.25, 0.3) is 11.1 Å². The molecule has 0 bridgehead atoms. The van der Waals surface area contributed by atoms with Gasteiger partial charge in [0.05, 0.1) is 0 Å². The predicted molar refractivity (Wildman–Crippen MR) is 63.4 cm³/mol. The van der Waals surface area contributed by atoms with Crippen molar-refractivity contribution in [3.8, 4) is 11.1 Å². The first kappa shape index (κ1) is 12.2. The Morgan fingerprint density at radius 2 is 1.39 bits per heavy atom. The lowest BCUT2D eigenvalue weighted by atomic mass is 10.0. The molecule has 1 N–H and O–H groups in total. The van der Waals surface area contributed by atoms with Crippen LogP contribution < -0.4 is 0 Å². The summed E-state index contributed by atoms with van der Waals surface area (Å²) in [6.07, 6.45) is 0. The minimum atomic E-state index is -3.85. The summed E-state index contributed by atoms with van der Waals surface area (Å²) in [6, 6.07) is 14.5. The van der Waals surface area contributed by atoms with Gasteiger partial charge in [-0.25, -0.2) is 4.79 Å². The number of hydrogen-bond acceptors (Lipinski definition) is 1. The molecule has 0 saturated carbocycles. The Morgan fingerprint density at radius 1 is 0.889 bits per heavy atom. The SMILES string of the molecule is O=C(O)C(F)(F)c1ccc(-c2ccccc2)cc1. The Bertz CT molecular complexity index is 548. The van der Waals surface area contributed by atoms with Crippen LogP contribution in [-0.2, 0) is 10.7 Å². The lowest BCUT2D eigenvalue weighted by Gasteiger charge is -2.11. The minimum Gasteiger partial charge on any atom is -0.477 e. The zero-order chi connectivity index (χ0) is 13.2. The lowest BCUT2D eigenvalue weighted by Crippen LogP contribution is -2.25. The van der Waals surface area contributed by atoms with E-state index in [1.165, 1.54) is 12.1 Å². The molecule has 0 aliphatic carbocycles. The Labute approximate surface area is 103 Å². The molecule has 0 atom stereocenters. The summed E-state index contributed by atoms with van der Waals surface area (Å²) in [4.78, 5) is 10.4. The molecule has 2 aromatic carbocycles. The fraction of sp³-hybridized carbons (Fsp3) is 0.0714. The van der Waals surface area contributed by atoms with E-state index >= 15 is 0 Å². The summed E-state index contributed by atoms with van der Waals surface area (Å²) in [7, 11) is 0. The highest BCUT2D eigenvalue weighted by molar-refractivity contribution is 5.77. The van der Waals surface area contributed by atoms with Gasteiger partial charge in [0.25, 0.3) is 0 Å². The smallest absolute Gasteiger partial charge is 0.379 e. The number of alkyl halides is 2. The maximum Gasteiger partial charge on any atom is 0.379 e. The Balaban J connectivity index is 2.35. The molecule has 0 amide bonds. The lowest BCUT2D eigenvalue weighted by molar-refractivity contribution is -0.166. The molecule has 0 aliphatic rings. The summed E-state index contributed by atoms with van der Waals surface area (Å²) in [5.41, 5.74) is 1.14. The van der Waals surface area contributed by atoms with Gasteiger partial charge in [0.1, 0.15) is 0 Å². The fourth-order valence-electron chi connectivity index (χ4n) is 1.63. The van der Waals surface area contributed by atoms with Crippen molar-refractivity contribution >= 4 is 5.97 Å². The minimum absolute atomic E-state index is 0.519. The fourth-order valence-corrected chi connectivity index (χ4v) is 1.63. The van der Waals surface area contributed by atoms with Gasteiger partial charge in [0.2, 0.25) is 0 Å². The van der Waals surface area contributed by atoms with Crippen molar-refractivity contribution in [3.63, 3.8) is 0 Å². The Morgan fingerprint density at radius 3 is 1.89 bits per heavy atom. The number of carbonyl (C=O) groups is 1. The molecule has 0 heterocycles. The molecule has 18 heavy (non-hydrogen) atoms.